The van der Waals surface area contributed by atoms with Crippen LogP contribution < -0.4 is 0 Å². The summed E-state index contributed by atoms with van der Waals surface area (Å²) >= 11 is 0. The van der Waals surface area contributed by atoms with E-state index < -0.39 is 54.8 Å². The lowest BCUT2D eigenvalue weighted by Gasteiger charge is -2.47. The van der Waals surface area contributed by atoms with Crippen molar-refractivity contribution in [3.63, 3.8) is 0 Å². The highest BCUT2D eigenvalue weighted by atomic mass is 16.8. The first-order chi connectivity index (χ1) is 35.6. The Morgan fingerprint density at radius 3 is 1.07 bits per heavy atom. The van der Waals surface area contributed by atoms with Gasteiger partial charge in [0.25, 0.3) is 0 Å². The van der Waals surface area contributed by atoms with Crippen molar-refractivity contribution in [1.29, 1.82) is 0 Å². The van der Waals surface area contributed by atoms with Crippen LogP contribution in [0, 0.1) is 0 Å². The van der Waals surface area contributed by atoms with Gasteiger partial charge in [-0.15, -0.1) is 0 Å². The Bertz CT molecular complexity index is 2560. The minimum atomic E-state index is -2.06. The Kier molecular flexibility index (Phi) is 18.9. The molecular formula is C61H64O11. The Labute approximate surface area is 423 Å². The predicted molar refractivity (Wildman–Crippen MR) is 272 cm³/mol. The van der Waals surface area contributed by atoms with Crippen LogP contribution in [0.4, 0.5) is 0 Å². The van der Waals surface area contributed by atoms with E-state index in [1.54, 1.807) is 0 Å². The summed E-state index contributed by atoms with van der Waals surface area (Å²) in [5.74, 6) is -2.06. The van der Waals surface area contributed by atoms with E-state index in [0.29, 0.717) is 13.2 Å². The minimum absolute atomic E-state index is 0.0723. The monoisotopic (exact) mass is 972 g/mol. The molecule has 2 fully saturated rings. The van der Waals surface area contributed by atoms with E-state index in [9.17, 15) is 5.11 Å². The van der Waals surface area contributed by atoms with Crippen LogP contribution in [0.5, 0.6) is 0 Å². The maximum atomic E-state index is 13.0. The second-order valence-corrected chi connectivity index (χ2v) is 18.1. The molecule has 2 aliphatic heterocycles. The van der Waals surface area contributed by atoms with E-state index >= 15 is 0 Å². The lowest BCUT2D eigenvalue weighted by atomic mass is 9.97. The van der Waals surface area contributed by atoms with Crippen LogP contribution >= 0.6 is 0 Å². The summed E-state index contributed by atoms with van der Waals surface area (Å²) in [6.07, 6.45) is -7.31. The van der Waals surface area contributed by atoms with Crippen molar-refractivity contribution >= 4 is 0 Å². The van der Waals surface area contributed by atoms with Gasteiger partial charge in [0.15, 0.2) is 6.29 Å². The van der Waals surface area contributed by atoms with Gasteiger partial charge in [0.1, 0.15) is 49.3 Å². The molecule has 9 rings (SSSR count). The van der Waals surface area contributed by atoms with Crippen molar-refractivity contribution in [2.24, 2.45) is 0 Å². The zero-order chi connectivity index (χ0) is 49.1. The molecule has 0 radical (unpaired) electrons. The Hall–Kier alpha value is -5.90. The fraction of sp³-hybridized carbons (Fsp3) is 0.311. The van der Waals surface area contributed by atoms with E-state index in [1.807, 2.05) is 212 Å². The molecule has 0 aromatic heterocycles. The average Bonchev–Trinajstić information content (AvgIpc) is 3.69. The Balaban J connectivity index is 1.08. The highest BCUT2D eigenvalue weighted by Crippen LogP contribution is 2.40. The zero-order valence-electron chi connectivity index (χ0n) is 40.4. The quantitative estimate of drug-likeness (QED) is 0.0560. The summed E-state index contributed by atoms with van der Waals surface area (Å²) in [4.78, 5) is 0. The van der Waals surface area contributed by atoms with Gasteiger partial charge in [-0.3, -0.25) is 0 Å². The van der Waals surface area contributed by atoms with Crippen LogP contribution in [0.2, 0.25) is 0 Å². The highest BCUT2D eigenvalue weighted by Gasteiger charge is 2.59. The number of rotatable bonds is 26. The fourth-order valence-electron chi connectivity index (χ4n) is 9.00. The smallest absolute Gasteiger partial charge is 0.219 e. The predicted octanol–water partition coefficient (Wildman–Crippen LogP) is 10.2. The lowest BCUT2D eigenvalue weighted by Crippen LogP contribution is -2.64. The van der Waals surface area contributed by atoms with Gasteiger partial charge in [0.2, 0.25) is 5.79 Å². The van der Waals surface area contributed by atoms with Gasteiger partial charge < -0.3 is 52.5 Å². The molecule has 1 unspecified atom stereocenters. The van der Waals surface area contributed by atoms with Crippen molar-refractivity contribution in [2.75, 3.05) is 19.8 Å². The fourth-order valence-corrected chi connectivity index (χ4v) is 9.00. The van der Waals surface area contributed by atoms with Gasteiger partial charge in [0.05, 0.1) is 59.5 Å². The van der Waals surface area contributed by atoms with E-state index in [0.717, 1.165) is 38.9 Å². The number of hydrogen-bond donors (Lipinski definition) is 1. The van der Waals surface area contributed by atoms with Gasteiger partial charge in [-0.05, 0) is 38.9 Å². The van der Waals surface area contributed by atoms with E-state index in [4.69, 9.17) is 47.4 Å². The van der Waals surface area contributed by atoms with Crippen LogP contribution in [0.25, 0.3) is 0 Å². The van der Waals surface area contributed by atoms with Crippen molar-refractivity contribution in [1.82, 2.24) is 0 Å². The molecule has 9 atom stereocenters. The summed E-state index contributed by atoms with van der Waals surface area (Å²) < 4.78 is 68.1. The molecule has 0 amide bonds. The summed E-state index contributed by atoms with van der Waals surface area (Å²) in [6, 6.07) is 69.4. The van der Waals surface area contributed by atoms with Crippen LogP contribution in [-0.4, -0.2) is 79.7 Å². The second-order valence-electron chi connectivity index (χ2n) is 18.1. The molecule has 0 bridgehead atoms. The van der Waals surface area contributed by atoms with Crippen LogP contribution in [-0.2, 0) is 93.6 Å². The van der Waals surface area contributed by atoms with Crippen molar-refractivity contribution in [3.8, 4) is 0 Å². The molecule has 11 heteroatoms. The third-order valence-electron chi connectivity index (χ3n) is 12.7. The van der Waals surface area contributed by atoms with Gasteiger partial charge in [-0.1, -0.05) is 212 Å². The molecule has 72 heavy (non-hydrogen) atoms. The molecule has 2 heterocycles. The minimum Gasteiger partial charge on any atom is -0.374 e. The van der Waals surface area contributed by atoms with Gasteiger partial charge in [-0.25, -0.2) is 0 Å². The van der Waals surface area contributed by atoms with Crippen molar-refractivity contribution in [3.05, 3.63) is 251 Å². The molecule has 1 N–H and O–H groups in total. The molecule has 11 nitrogen and oxygen atoms in total. The third kappa shape index (κ3) is 14.6. The summed E-state index contributed by atoms with van der Waals surface area (Å²) in [5.41, 5.74) is 6.73. The number of hydrogen-bond acceptors (Lipinski definition) is 11. The molecule has 7 aromatic carbocycles. The van der Waals surface area contributed by atoms with Gasteiger partial charge in [-0.2, -0.15) is 0 Å². The molecule has 2 saturated heterocycles. The van der Waals surface area contributed by atoms with Gasteiger partial charge >= 0.3 is 0 Å². The van der Waals surface area contributed by atoms with Crippen LogP contribution in [0.15, 0.2) is 212 Å². The number of aliphatic hydroxyl groups is 1. The molecule has 0 spiro atoms. The van der Waals surface area contributed by atoms with Crippen molar-refractivity contribution in [2.45, 2.75) is 101 Å². The number of ether oxygens (including phenoxy) is 10. The topological polar surface area (TPSA) is 113 Å². The first kappa shape index (κ1) is 51.0. The van der Waals surface area contributed by atoms with E-state index in [-0.39, 0.29) is 52.9 Å². The maximum Gasteiger partial charge on any atom is 0.219 e. The normalized spacial score (nSPS) is 24.0. The summed E-state index contributed by atoms with van der Waals surface area (Å²) in [6.45, 7) is 1.66. The highest BCUT2D eigenvalue weighted by molar-refractivity contribution is 5.19. The SMILES string of the molecule is OC1(COCc2ccccc2)O[C@H](COCc2ccccc2)[C@@H](OCc2ccccc2)[C@@H]1O[C@@H]1O[C@H](COCc2ccccc2)[C@@H](OCc2ccccc2)[C@H](OCc2ccccc2)[C@H]1OCc1ccccc1. The molecule has 2 aliphatic rings. The standard InChI is InChI=1S/C61H64O11/c62-61(45-65-38-48-26-12-3-13-27-48)59(56(67-40-50-30-16-5-17-31-50)54(72-61)44-64-37-47-24-10-2-11-25-47)71-60-58(69-42-52-34-20-7-21-35-52)57(68-41-51-32-18-6-19-33-51)55(66-39-49-28-14-4-15-29-49)53(70-60)43-63-36-46-22-8-1-9-23-46/h1-35,53-60,62H,36-45H2/t53-,54-,55-,56-,57+,58-,59+,60+,61?/m1/s1. The largest absolute Gasteiger partial charge is 0.374 e. The average molecular weight is 973 g/mol. The maximum absolute atomic E-state index is 13.0. The molecule has 0 saturated carbocycles. The number of benzene rings is 7. The van der Waals surface area contributed by atoms with Crippen LogP contribution in [0.1, 0.15) is 38.9 Å². The first-order valence-corrected chi connectivity index (χ1v) is 24.7. The van der Waals surface area contributed by atoms with Gasteiger partial charge in [0, 0.05) is 0 Å². The Morgan fingerprint density at radius 1 is 0.347 bits per heavy atom. The van der Waals surface area contributed by atoms with Crippen LogP contribution in [0.3, 0.4) is 0 Å². The molecular weight excluding hydrogens is 909 g/mol. The molecule has 374 valence electrons. The molecule has 7 aromatic rings. The van der Waals surface area contributed by atoms with E-state index in [2.05, 4.69) is 0 Å². The molecule has 0 aliphatic carbocycles. The first-order valence-electron chi connectivity index (χ1n) is 24.7. The Morgan fingerprint density at radius 2 is 0.667 bits per heavy atom. The summed E-state index contributed by atoms with van der Waals surface area (Å²) in [7, 11) is 0. The lowest BCUT2D eigenvalue weighted by molar-refractivity contribution is -0.360. The summed E-state index contributed by atoms with van der Waals surface area (Å²) in [5, 5.41) is 13.0. The second kappa shape index (κ2) is 26.7. The third-order valence-corrected chi connectivity index (χ3v) is 12.7. The van der Waals surface area contributed by atoms with Crippen molar-refractivity contribution < 1.29 is 52.5 Å². The zero-order valence-corrected chi connectivity index (χ0v) is 40.4. The van der Waals surface area contributed by atoms with E-state index in [1.165, 1.54) is 0 Å².